The summed E-state index contributed by atoms with van der Waals surface area (Å²) in [5.41, 5.74) is 6.88. The number of benzene rings is 2. The molecule has 0 unspecified atom stereocenters. The summed E-state index contributed by atoms with van der Waals surface area (Å²) in [7, 11) is 0. The monoisotopic (exact) mass is 476 g/mol. The van der Waals surface area contributed by atoms with Gasteiger partial charge < -0.3 is 15.8 Å². The predicted molar refractivity (Wildman–Crippen MR) is 94.5 cm³/mol. The molecule has 2 rings (SSSR count). The number of amides is 1. The molecule has 1 amide bonds. The zero-order valence-electron chi connectivity index (χ0n) is 10.7. The smallest absolute Gasteiger partial charge is 0.262 e. The maximum atomic E-state index is 11.9. The molecule has 0 aliphatic rings. The highest BCUT2D eigenvalue weighted by molar-refractivity contribution is 9.11. The number of anilines is 2. The number of hydrogen-bond acceptors (Lipinski definition) is 3. The predicted octanol–water partition coefficient (Wildman–Crippen LogP) is 4.57. The molecule has 0 saturated carbocycles. The number of nitrogens with one attached hydrogen (secondary N) is 1. The lowest BCUT2D eigenvalue weighted by Gasteiger charge is -2.11. The number of hydrogen-bond donors (Lipinski definition) is 2. The number of carbonyl (C=O) groups is 1. The highest BCUT2D eigenvalue weighted by Gasteiger charge is 2.11. The molecule has 3 N–H and O–H groups in total. The first-order chi connectivity index (χ1) is 9.95. The van der Waals surface area contributed by atoms with E-state index in [2.05, 4.69) is 53.1 Å². The maximum Gasteiger partial charge on any atom is 0.262 e. The van der Waals surface area contributed by atoms with E-state index in [0.717, 1.165) is 13.4 Å². The Morgan fingerprint density at radius 3 is 2.43 bits per heavy atom. The Hall–Kier alpha value is -1.05. The Morgan fingerprint density at radius 1 is 1.14 bits per heavy atom. The third-order valence-corrected chi connectivity index (χ3v) is 4.12. The van der Waals surface area contributed by atoms with Crippen molar-refractivity contribution in [1.29, 1.82) is 0 Å². The molecule has 0 atom stereocenters. The van der Waals surface area contributed by atoms with E-state index in [9.17, 15) is 4.79 Å². The van der Waals surface area contributed by atoms with Crippen LogP contribution in [0.4, 0.5) is 11.4 Å². The van der Waals surface area contributed by atoms with Crippen LogP contribution < -0.4 is 15.8 Å². The molecule has 2 aromatic rings. The van der Waals surface area contributed by atoms with E-state index in [1.54, 1.807) is 24.3 Å². The van der Waals surface area contributed by atoms with Gasteiger partial charge in [0, 0.05) is 15.8 Å². The Balaban J connectivity index is 1.99. The van der Waals surface area contributed by atoms with E-state index in [-0.39, 0.29) is 12.5 Å². The van der Waals surface area contributed by atoms with Crippen LogP contribution in [-0.4, -0.2) is 12.5 Å². The molecule has 0 spiro atoms. The number of halogens is 3. The summed E-state index contributed by atoms with van der Waals surface area (Å²) in [5, 5.41) is 2.72. The van der Waals surface area contributed by atoms with Crippen LogP contribution in [0.1, 0.15) is 0 Å². The second-order valence-corrected chi connectivity index (χ2v) is 6.79. The van der Waals surface area contributed by atoms with E-state index >= 15 is 0 Å². The summed E-state index contributed by atoms with van der Waals surface area (Å²) >= 11 is 10.2. The van der Waals surface area contributed by atoms with Crippen molar-refractivity contribution in [3.63, 3.8) is 0 Å². The second-order valence-electron chi connectivity index (χ2n) is 4.16. The molecule has 0 heterocycles. The molecule has 21 heavy (non-hydrogen) atoms. The number of nitrogen functional groups attached to an aromatic ring is 1. The van der Waals surface area contributed by atoms with Crippen molar-refractivity contribution in [2.45, 2.75) is 0 Å². The highest BCUT2D eigenvalue weighted by Crippen LogP contribution is 2.36. The number of ether oxygens (including phenoxy) is 1. The van der Waals surface area contributed by atoms with Gasteiger partial charge in [-0.15, -0.1) is 0 Å². The topological polar surface area (TPSA) is 64.3 Å². The van der Waals surface area contributed by atoms with E-state index in [1.165, 1.54) is 0 Å². The van der Waals surface area contributed by atoms with Gasteiger partial charge in [-0.25, -0.2) is 0 Å². The van der Waals surface area contributed by atoms with Crippen LogP contribution in [0.25, 0.3) is 0 Å². The zero-order chi connectivity index (χ0) is 15.4. The minimum absolute atomic E-state index is 0.104. The lowest BCUT2D eigenvalue weighted by molar-refractivity contribution is -0.118. The minimum atomic E-state index is -0.262. The molecule has 0 bridgehead atoms. The third-order valence-electron chi connectivity index (χ3n) is 2.48. The molecule has 2 aromatic carbocycles. The molecule has 0 fully saturated rings. The molecular formula is C14H11Br3N2O2. The van der Waals surface area contributed by atoms with Crippen LogP contribution >= 0.6 is 47.8 Å². The SMILES string of the molecule is Nc1cccc(NC(=O)COc2c(Br)cc(Br)cc2Br)c1. The zero-order valence-corrected chi connectivity index (χ0v) is 15.5. The Bertz CT molecular complexity index is 654. The first kappa shape index (κ1) is 16.3. The van der Waals surface area contributed by atoms with E-state index in [4.69, 9.17) is 10.5 Å². The van der Waals surface area contributed by atoms with Gasteiger partial charge in [-0.1, -0.05) is 22.0 Å². The van der Waals surface area contributed by atoms with Crippen molar-refractivity contribution in [3.8, 4) is 5.75 Å². The van der Waals surface area contributed by atoms with Gasteiger partial charge in [0.05, 0.1) is 8.95 Å². The summed E-state index contributed by atoms with van der Waals surface area (Å²) in [6.07, 6.45) is 0. The highest BCUT2D eigenvalue weighted by atomic mass is 79.9. The van der Waals surface area contributed by atoms with Crippen molar-refractivity contribution < 1.29 is 9.53 Å². The number of carbonyl (C=O) groups excluding carboxylic acids is 1. The average molecular weight is 479 g/mol. The largest absolute Gasteiger partial charge is 0.481 e. The molecule has 0 aromatic heterocycles. The molecule has 0 saturated heterocycles. The first-order valence-corrected chi connectivity index (χ1v) is 8.26. The number of rotatable bonds is 4. The van der Waals surface area contributed by atoms with Gasteiger partial charge in [-0.3, -0.25) is 4.79 Å². The second kappa shape index (κ2) is 7.29. The van der Waals surface area contributed by atoms with Crippen LogP contribution in [0, 0.1) is 0 Å². The summed E-state index contributed by atoms with van der Waals surface area (Å²) in [5.74, 6) is 0.309. The molecule has 7 heteroatoms. The normalized spacial score (nSPS) is 10.2. The summed E-state index contributed by atoms with van der Waals surface area (Å²) in [6, 6.07) is 10.7. The molecule has 0 aliphatic carbocycles. The van der Waals surface area contributed by atoms with Crippen LogP contribution in [0.5, 0.6) is 5.75 Å². The standard InChI is InChI=1S/C14H11Br3N2O2/c15-8-4-11(16)14(12(17)5-8)21-7-13(20)19-10-3-1-2-9(18)6-10/h1-6H,7,18H2,(H,19,20). The van der Waals surface area contributed by atoms with Gasteiger partial charge in [-0.2, -0.15) is 0 Å². The van der Waals surface area contributed by atoms with Crippen LogP contribution in [-0.2, 0) is 4.79 Å². The quantitative estimate of drug-likeness (QED) is 0.632. The van der Waals surface area contributed by atoms with Crippen LogP contribution in [0.2, 0.25) is 0 Å². The molecule has 4 nitrogen and oxygen atoms in total. The van der Waals surface area contributed by atoms with Crippen LogP contribution in [0.15, 0.2) is 49.8 Å². The van der Waals surface area contributed by atoms with Crippen LogP contribution in [0.3, 0.4) is 0 Å². The average Bonchev–Trinajstić information content (AvgIpc) is 2.37. The number of nitrogens with two attached hydrogens (primary N) is 1. The first-order valence-electron chi connectivity index (χ1n) is 5.88. The van der Waals surface area contributed by atoms with Crippen molar-refractivity contribution in [3.05, 3.63) is 49.8 Å². The Morgan fingerprint density at radius 2 is 1.81 bits per heavy atom. The fourth-order valence-electron chi connectivity index (χ4n) is 1.62. The Kier molecular flexibility index (Phi) is 5.66. The molecule has 0 radical (unpaired) electrons. The van der Waals surface area contributed by atoms with E-state index in [1.807, 2.05) is 12.1 Å². The molecular weight excluding hydrogens is 468 g/mol. The van der Waals surface area contributed by atoms with E-state index in [0.29, 0.717) is 17.1 Å². The van der Waals surface area contributed by atoms with Crippen molar-refractivity contribution in [2.75, 3.05) is 17.7 Å². The summed E-state index contributed by atoms with van der Waals surface area (Å²) in [4.78, 5) is 11.9. The van der Waals surface area contributed by atoms with Gasteiger partial charge in [0.1, 0.15) is 5.75 Å². The van der Waals surface area contributed by atoms with Gasteiger partial charge in [0.15, 0.2) is 6.61 Å². The molecule has 110 valence electrons. The molecule has 0 aliphatic heterocycles. The van der Waals surface area contributed by atoms with Gasteiger partial charge >= 0.3 is 0 Å². The van der Waals surface area contributed by atoms with Crippen molar-refractivity contribution >= 4 is 65.1 Å². The van der Waals surface area contributed by atoms with Crippen molar-refractivity contribution in [1.82, 2.24) is 0 Å². The van der Waals surface area contributed by atoms with Gasteiger partial charge in [0.2, 0.25) is 0 Å². The third kappa shape index (κ3) is 4.72. The van der Waals surface area contributed by atoms with Crippen molar-refractivity contribution in [2.24, 2.45) is 0 Å². The summed E-state index contributed by atoms with van der Waals surface area (Å²) in [6.45, 7) is -0.104. The van der Waals surface area contributed by atoms with Gasteiger partial charge in [-0.05, 0) is 62.2 Å². The minimum Gasteiger partial charge on any atom is -0.481 e. The maximum absolute atomic E-state index is 11.9. The lowest BCUT2D eigenvalue weighted by atomic mass is 10.3. The fraction of sp³-hybridized carbons (Fsp3) is 0.0714. The van der Waals surface area contributed by atoms with E-state index < -0.39 is 0 Å². The fourth-order valence-corrected chi connectivity index (χ4v) is 4.11. The summed E-state index contributed by atoms with van der Waals surface area (Å²) < 4.78 is 7.93. The van der Waals surface area contributed by atoms with Gasteiger partial charge in [0.25, 0.3) is 5.91 Å². The lowest BCUT2D eigenvalue weighted by Crippen LogP contribution is -2.20. The Labute approximate surface area is 147 Å².